The van der Waals surface area contributed by atoms with Crippen LogP contribution in [-0.2, 0) is 32.8 Å². The Labute approximate surface area is 409 Å². The molecule has 0 atom stereocenters. The molecule has 0 aromatic heterocycles. The quantitative estimate of drug-likeness (QED) is 0.0313. The molecule has 0 fully saturated rings. The van der Waals surface area contributed by atoms with Gasteiger partial charge in [0, 0.05) is 29.7 Å². The van der Waals surface area contributed by atoms with Crippen LogP contribution in [0.15, 0.2) is 182 Å². The molecule has 6 N–H and O–H groups in total. The molecule has 8 rings (SSSR count). The van der Waals surface area contributed by atoms with Gasteiger partial charge in [0.2, 0.25) is 0 Å². The van der Waals surface area contributed by atoms with E-state index in [2.05, 4.69) is 0 Å². The van der Waals surface area contributed by atoms with Crippen LogP contribution in [0.3, 0.4) is 0 Å². The number of carbonyl (C=O) groups excluding carboxylic acids is 2. The van der Waals surface area contributed by atoms with Gasteiger partial charge in [-0.2, -0.15) is 0 Å². The predicted molar refractivity (Wildman–Crippen MR) is 268 cm³/mol. The standard InChI is InChI=1S/C59H48O12/c60-46(25-21-38-23-27-52(68-34-40-13-5-1-6-14-40)54(29-38)70-36-42-17-9-3-10-18-42)56-50(64)32-48(62)44(58(56)66)31-45-49(63)33-51(65)57(59(45)67)47(61)26-22-39-24-28-53(69-35-41-15-7-2-8-16-41)55(30-39)71-37-43-19-11-4-12-20-43/h1-30,32-33,62-67H,31,34-37H2/b25-21+,26-22+. The summed E-state index contributed by atoms with van der Waals surface area (Å²) in [6.45, 7) is 1.03. The Kier molecular flexibility index (Phi) is 15.3. The third-order valence-electron chi connectivity index (χ3n) is 11.3. The van der Waals surface area contributed by atoms with Crippen molar-refractivity contribution < 1.29 is 59.2 Å². The summed E-state index contributed by atoms with van der Waals surface area (Å²) in [5, 5.41) is 66.4. The number of aromatic hydroxyl groups is 6. The van der Waals surface area contributed by atoms with E-state index in [4.69, 9.17) is 18.9 Å². The number of ketones is 2. The van der Waals surface area contributed by atoms with Crippen LogP contribution >= 0.6 is 0 Å². The van der Waals surface area contributed by atoms with Crippen molar-refractivity contribution in [3.63, 3.8) is 0 Å². The first-order valence-electron chi connectivity index (χ1n) is 22.4. The number of hydrogen-bond donors (Lipinski definition) is 6. The van der Waals surface area contributed by atoms with Gasteiger partial charge in [-0.1, -0.05) is 146 Å². The zero-order valence-corrected chi connectivity index (χ0v) is 38.1. The van der Waals surface area contributed by atoms with Gasteiger partial charge >= 0.3 is 0 Å². The van der Waals surface area contributed by atoms with Crippen LogP contribution in [0, 0.1) is 0 Å². The first-order valence-corrected chi connectivity index (χ1v) is 22.4. The average molecular weight is 949 g/mol. The molecule has 0 amide bonds. The van der Waals surface area contributed by atoms with Gasteiger partial charge in [0.1, 0.15) is 72.1 Å². The molecule has 356 valence electrons. The van der Waals surface area contributed by atoms with Crippen LogP contribution < -0.4 is 18.9 Å². The molecule has 8 aromatic rings. The van der Waals surface area contributed by atoms with Crippen molar-refractivity contribution in [1.82, 2.24) is 0 Å². The van der Waals surface area contributed by atoms with Crippen molar-refractivity contribution in [1.29, 1.82) is 0 Å². The van der Waals surface area contributed by atoms with E-state index in [0.717, 1.165) is 46.5 Å². The molecule has 0 aliphatic heterocycles. The Hall–Kier alpha value is -9.42. The lowest BCUT2D eigenvalue weighted by Crippen LogP contribution is -2.03. The second kappa shape index (κ2) is 22.6. The molecular formula is C59H48O12. The highest BCUT2D eigenvalue weighted by Gasteiger charge is 2.27. The number of phenolic OH excluding ortho intramolecular Hbond substituents is 6. The van der Waals surface area contributed by atoms with Crippen molar-refractivity contribution in [3.8, 4) is 57.5 Å². The van der Waals surface area contributed by atoms with Gasteiger partial charge in [-0.15, -0.1) is 0 Å². The van der Waals surface area contributed by atoms with Crippen molar-refractivity contribution in [3.05, 3.63) is 238 Å². The molecule has 0 saturated heterocycles. The Morgan fingerprint density at radius 1 is 0.366 bits per heavy atom. The van der Waals surface area contributed by atoms with Gasteiger partial charge < -0.3 is 49.6 Å². The highest BCUT2D eigenvalue weighted by Crippen LogP contribution is 2.45. The average Bonchev–Trinajstić information content (AvgIpc) is 3.38. The summed E-state index contributed by atoms with van der Waals surface area (Å²) in [7, 11) is 0. The number of hydrogen-bond acceptors (Lipinski definition) is 12. The van der Waals surface area contributed by atoms with E-state index in [9.17, 15) is 40.2 Å². The Morgan fingerprint density at radius 3 is 1.00 bits per heavy atom. The van der Waals surface area contributed by atoms with Gasteiger partial charge in [-0.3, -0.25) is 9.59 Å². The number of carbonyl (C=O) groups is 2. The molecule has 8 aromatic carbocycles. The lowest BCUT2D eigenvalue weighted by Gasteiger charge is -2.16. The summed E-state index contributed by atoms with van der Waals surface area (Å²) in [5.41, 5.74) is 2.84. The van der Waals surface area contributed by atoms with E-state index in [1.54, 1.807) is 36.4 Å². The summed E-state index contributed by atoms with van der Waals surface area (Å²) in [6, 6.07) is 50.1. The van der Waals surface area contributed by atoms with E-state index in [-0.39, 0.29) is 37.6 Å². The van der Waals surface area contributed by atoms with Crippen LogP contribution in [0.4, 0.5) is 0 Å². The molecule has 0 saturated carbocycles. The topological polar surface area (TPSA) is 192 Å². The van der Waals surface area contributed by atoms with E-state index in [1.807, 2.05) is 121 Å². The van der Waals surface area contributed by atoms with Crippen LogP contribution in [-0.4, -0.2) is 42.2 Å². The summed E-state index contributed by atoms with van der Waals surface area (Å²) in [5.74, 6) is -4.58. The fraction of sp³-hybridized carbons (Fsp3) is 0.0847. The maximum Gasteiger partial charge on any atom is 0.193 e. The Balaban J connectivity index is 1.01. The number of allylic oxidation sites excluding steroid dienone is 2. The van der Waals surface area contributed by atoms with Crippen LogP contribution in [0.5, 0.6) is 57.5 Å². The third kappa shape index (κ3) is 12.2. The summed E-state index contributed by atoms with van der Waals surface area (Å²) in [4.78, 5) is 27.4. The van der Waals surface area contributed by atoms with Gasteiger partial charge in [-0.25, -0.2) is 0 Å². The fourth-order valence-corrected chi connectivity index (χ4v) is 7.55. The molecule has 0 aliphatic carbocycles. The number of rotatable bonds is 20. The third-order valence-corrected chi connectivity index (χ3v) is 11.3. The molecule has 12 nitrogen and oxygen atoms in total. The monoisotopic (exact) mass is 948 g/mol. The second-order valence-electron chi connectivity index (χ2n) is 16.3. The van der Waals surface area contributed by atoms with Crippen molar-refractivity contribution >= 4 is 23.7 Å². The molecule has 71 heavy (non-hydrogen) atoms. The van der Waals surface area contributed by atoms with Crippen molar-refractivity contribution in [2.75, 3.05) is 0 Å². The minimum atomic E-state index is -0.859. The highest BCUT2D eigenvalue weighted by atomic mass is 16.5. The van der Waals surface area contributed by atoms with Gasteiger partial charge in [0.15, 0.2) is 34.6 Å². The minimum Gasteiger partial charge on any atom is -0.507 e. The highest BCUT2D eigenvalue weighted by molar-refractivity contribution is 6.12. The zero-order valence-electron chi connectivity index (χ0n) is 38.1. The molecule has 0 spiro atoms. The lowest BCUT2D eigenvalue weighted by atomic mass is 9.93. The first kappa shape index (κ1) is 48.1. The molecule has 0 radical (unpaired) electrons. The maximum absolute atomic E-state index is 13.7. The first-order chi connectivity index (χ1) is 34.5. The Morgan fingerprint density at radius 2 is 0.676 bits per heavy atom. The van der Waals surface area contributed by atoms with Crippen molar-refractivity contribution in [2.24, 2.45) is 0 Å². The molecule has 0 bridgehead atoms. The largest absolute Gasteiger partial charge is 0.507 e. The van der Waals surface area contributed by atoms with Crippen LogP contribution in [0.2, 0.25) is 0 Å². The number of benzene rings is 8. The SMILES string of the molecule is O=C(/C=C/c1ccc(OCc2ccccc2)c(OCc2ccccc2)c1)c1c(O)cc(O)c(Cc2c(O)cc(O)c(C(=O)/C=C/c3ccc(OCc4ccccc4)c(OCc4ccccc4)c3)c2O)c1O. The summed E-state index contributed by atoms with van der Waals surface area (Å²) in [6.07, 6.45) is 4.46. The molecule has 12 heteroatoms. The molecule has 0 aliphatic rings. The second-order valence-corrected chi connectivity index (χ2v) is 16.3. The molecular weight excluding hydrogens is 901 g/mol. The van der Waals surface area contributed by atoms with Gasteiger partial charge in [-0.05, 0) is 69.8 Å². The molecule has 0 heterocycles. The van der Waals surface area contributed by atoms with Crippen molar-refractivity contribution in [2.45, 2.75) is 32.8 Å². The van der Waals surface area contributed by atoms with E-state index in [1.165, 1.54) is 12.2 Å². The fourth-order valence-electron chi connectivity index (χ4n) is 7.55. The maximum atomic E-state index is 13.7. The van der Waals surface area contributed by atoms with E-state index < -0.39 is 63.6 Å². The zero-order chi connectivity index (χ0) is 49.7. The van der Waals surface area contributed by atoms with Gasteiger partial charge in [0.25, 0.3) is 0 Å². The number of ether oxygens (including phenoxy) is 4. The Bertz CT molecular complexity index is 2990. The van der Waals surface area contributed by atoms with Crippen LogP contribution in [0.1, 0.15) is 65.2 Å². The lowest BCUT2D eigenvalue weighted by molar-refractivity contribution is 0.103. The summed E-state index contributed by atoms with van der Waals surface area (Å²) >= 11 is 0. The van der Waals surface area contributed by atoms with Gasteiger partial charge in [0.05, 0.1) is 0 Å². The minimum absolute atomic E-state index is 0.235. The summed E-state index contributed by atoms with van der Waals surface area (Å²) < 4.78 is 24.5. The number of phenols is 6. The molecule has 0 unspecified atom stereocenters. The van der Waals surface area contributed by atoms with E-state index >= 15 is 0 Å². The predicted octanol–water partition coefficient (Wildman–Crippen LogP) is 11.6. The smallest absolute Gasteiger partial charge is 0.193 e. The van der Waals surface area contributed by atoms with Crippen LogP contribution in [0.25, 0.3) is 12.2 Å². The normalized spacial score (nSPS) is 11.2. The van der Waals surface area contributed by atoms with E-state index in [0.29, 0.717) is 34.1 Å².